The molecule has 6 heteroatoms. The minimum atomic E-state index is -0.988. The van der Waals surface area contributed by atoms with Gasteiger partial charge >= 0.3 is 5.97 Å². The van der Waals surface area contributed by atoms with Gasteiger partial charge < -0.3 is 10.0 Å². The molecule has 0 saturated carbocycles. The molecule has 0 spiro atoms. The van der Waals surface area contributed by atoms with Crippen LogP contribution in [0, 0.1) is 0 Å². The zero-order valence-electron chi connectivity index (χ0n) is 10.9. The molecule has 0 saturated heterocycles. The van der Waals surface area contributed by atoms with Gasteiger partial charge in [-0.15, -0.1) is 0 Å². The molecule has 1 aromatic carbocycles. The largest absolute Gasteiger partial charge is 0.478 e. The van der Waals surface area contributed by atoms with Gasteiger partial charge in [-0.25, -0.2) is 4.79 Å². The summed E-state index contributed by atoms with van der Waals surface area (Å²) < 4.78 is 0.880. The number of hydrogen-bond donors (Lipinski definition) is 1. The van der Waals surface area contributed by atoms with Crippen molar-refractivity contribution in [2.45, 2.75) is 13.0 Å². The summed E-state index contributed by atoms with van der Waals surface area (Å²) >= 11 is 3.32. The lowest BCUT2D eigenvalue weighted by Crippen LogP contribution is -2.26. The molecule has 5 nitrogen and oxygen atoms in total. The third-order valence-electron chi connectivity index (χ3n) is 3.37. The van der Waals surface area contributed by atoms with E-state index in [2.05, 4.69) is 20.9 Å². The zero-order chi connectivity index (χ0) is 15.0. The first-order chi connectivity index (χ1) is 10.0. The summed E-state index contributed by atoms with van der Waals surface area (Å²) in [6.07, 6.45) is 1.91. The average Bonchev–Trinajstić information content (AvgIpc) is 2.76. The monoisotopic (exact) mass is 346 g/mol. The summed E-state index contributed by atoms with van der Waals surface area (Å²) in [6.45, 7) is 0.380. The van der Waals surface area contributed by atoms with Crippen LogP contribution in [-0.4, -0.2) is 22.0 Å². The number of carbonyl (C=O) groups is 2. The maximum Gasteiger partial charge on any atom is 0.335 e. The molecule has 0 fully saturated rings. The Balaban J connectivity index is 1.90. The van der Waals surface area contributed by atoms with E-state index >= 15 is 0 Å². The molecule has 1 N–H and O–H groups in total. The standard InChI is InChI=1S/C15H11BrN2O3/c16-11-2-3-12(17-7-11)8-18-13-4-1-9(15(20)21)5-10(13)6-14(18)19/h1-5,7H,6,8H2,(H,20,21). The first-order valence-electron chi connectivity index (χ1n) is 6.31. The van der Waals surface area contributed by atoms with Crippen LogP contribution in [0.2, 0.25) is 0 Å². The normalized spacial score (nSPS) is 13.4. The summed E-state index contributed by atoms with van der Waals surface area (Å²) in [5.74, 6) is -1.03. The third-order valence-corrected chi connectivity index (χ3v) is 3.84. The van der Waals surface area contributed by atoms with Gasteiger partial charge in [-0.3, -0.25) is 9.78 Å². The number of hydrogen-bond acceptors (Lipinski definition) is 3. The first kappa shape index (κ1) is 13.8. The molecule has 1 amide bonds. The van der Waals surface area contributed by atoms with Crippen LogP contribution in [0.25, 0.3) is 0 Å². The van der Waals surface area contributed by atoms with Crippen LogP contribution >= 0.6 is 15.9 Å². The summed E-state index contributed by atoms with van der Waals surface area (Å²) in [5, 5.41) is 9.00. The molecule has 1 aliphatic heterocycles. The summed E-state index contributed by atoms with van der Waals surface area (Å²) in [4.78, 5) is 29.0. The fraction of sp³-hybridized carbons (Fsp3) is 0.133. The highest BCUT2D eigenvalue weighted by Gasteiger charge is 2.28. The van der Waals surface area contributed by atoms with Gasteiger partial charge in [-0.05, 0) is 51.8 Å². The van der Waals surface area contributed by atoms with E-state index < -0.39 is 5.97 Å². The minimum Gasteiger partial charge on any atom is -0.478 e. The molecule has 21 heavy (non-hydrogen) atoms. The molecule has 3 rings (SSSR count). The van der Waals surface area contributed by atoms with Crippen molar-refractivity contribution in [2.24, 2.45) is 0 Å². The lowest BCUT2D eigenvalue weighted by molar-refractivity contribution is -0.117. The van der Waals surface area contributed by atoms with Crippen molar-refractivity contribution in [1.82, 2.24) is 4.98 Å². The Kier molecular flexibility index (Phi) is 3.47. The second-order valence-electron chi connectivity index (χ2n) is 4.77. The van der Waals surface area contributed by atoms with Crippen molar-refractivity contribution < 1.29 is 14.7 Å². The molecule has 2 heterocycles. The van der Waals surface area contributed by atoms with E-state index in [1.54, 1.807) is 23.2 Å². The molecular formula is C15H11BrN2O3. The number of halogens is 1. The third kappa shape index (κ3) is 2.67. The van der Waals surface area contributed by atoms with Crippen molar-refractivity contribution in [3.8, 4) is 0 Å². The van der Waals surface area contributed by atoms with Crippen molar-refractivity contribution in [3.63, 3.8) is 0 Å². The Morgan fingerprint density at radius 2 is 2.14 bits per heavy atom. The molecule has 106 valence electrons. The topological polar surface area (TPSA) is 70.5 Å². The van der Waals surface area contributed by atoms with Crippen molar-refractivity contribution in [2.75, 3.05) is 4.90 Å². The molecule has 1 aromatic heterocycles. The number of aromatic carboxylic acids is 1. The molecule has 1 aliphatic rings. The SMILES string of the molecule is O=C(O)c1ccc2c(c1)CC(=O)N2Cc1ccc(Br)cn1. The molecule has 0 aliphatic carbocycles. The summed E-state index contributed by atoms with van der Waals surface area (Å²) in [6, 6.07) is 8.48. The second kappa shape index (κ2) is 5.29. The lowest BCUT2D eigenvalue weighted by atomic mass is 10.1. The number of aromatic nitrogens is 1. The van der Waals surface area contributed by atoms with E-state index in [1.165, 1.54) is 6.07 Å². The predicted molar refractivity (Wildman–Crippen MR) is 80.2 cm³/mol. The Hall–Kier alpha value is -2.21. The number of anilines is 1. The van der Waals surface area contributed by atoms with Crippen molar-refractivity contribution >= 4 is 33.5 Å². The number of carbonyl (C=O) groups excluding carboxylic acids is 1. The number of nitrogens with zero attached hydrogens (tertiary/aromatic N) is 2. The van der Waals surface area contributed by atoms with Gasteiger partial charge in [0.25, 0.3) is 0 Å². The van der Waals surface area contributed by atoms with E-state index in [0.29, 0.717) is 6.54 Å². The van der Waals surface area contributed by atoms with Gasteiger partial charge in [0.05, 0.1) is 24.2 Å². The Morgan fingerprint density at radius 3 is 2.81 bits per heavy atom. The van der Waals surface area contributed by atoms with E-state index in [-0.39, 0.29) is 17.9 Å². The van der Waals surface area contributed by atoms with Crippen LogP contribution in [0.3, 0.4) is 0 Å². The first-order valence-corrected chi connectivity index (χ1v) is 7.11. The van der Waals surface area contributed by atoms with Crippen LogP contribution in [0.1, 0.15) is 21.6 Å². The highest BCUT2D eigenvalue weighted by molar-refractivity contribution is 9.10. The van der Waals surface area contributed by atoms with Crippen molar-refractivity contribution in [3.05, 3.63) is 57.8 Å². The number of carboxylic acid groups (broad SMARTS) is 1. The number of carboxylic acids is 1. The second-order valence-corrected chi connectivity index (χ2v) is 5.69. The molecular weight excluding hydrogens is 336 g/mol. The lowest BCUT2D eigenvalue weighted by Gasteiger charge is -2.17. The van der Waals surface area contributed by atoms with Crippen LogP contribution < -0.4 is 4.90 Å². The Morgan fingerprint density at radius 1 is 1.33 bits per heavy atom. The van der Waals surface area contributed by atoms with Crippen molar-refractivity contribution in [1.29, 1.82) is 0 Å². The van der Waals surface area contributed by atoms with E-state index in [1.807, 2.05) is 12.1 Å². The number of benzene rings is 1. The van der Waals surface area contributed by atoms with Crippen LogP contribution in [0.4, 0.5) is 5.69 Å². The molecule has 0 bridgehead atoms. The van der Waals surface area contributed by atoms with Gasteiger partial charge in [0, 0.05) is 16.4 Å². The summed E-state index contributed by atoms with van der Waals surface area (Å²) in [5.41, 5.74) is 2.48. The maximum atomic E-state index is 12.1. The average molecular weight is 347 g/mol. The Labute approximate surface area is 129 Å². The van der Waals surface area contributed by atoms with E-state index in [4.69, 9.17) is 5.11 Å². The van der Waals surface area contributed by atoms with Crippen LogP contribution in [-0.2, 0) is 17.8 Å². The van der Waals surface area contributed by atoms with Gasteiger partial charge in [-0.1, -0.05) is 0 Å². The van der Waals surface area contributed by atoms with E-state index in [0.717, 1.165) is 21.4 Å². The van der Waals surface area contributed by atoms with E-state index in [9.17, 15) is 9.59 Å². The highest BCUT2D eigenvalue weighted by Crippen LogP contribution is 2.31. The predicted octanol–water partition coefficient (Wildman–Crippen LogP) is 2.63. The zero-order valence-corrected chi connectivity index (χ0v) is 12.5. The molecule has 0 radical (unpaired) electrons. The fourth-order valence-corrected chi connectivity index (χ4v) is 2.59. The minimum absolute atomic E-state index is 0.0442. The molecule has 0 unspecified atom stereocenters. The maximum absolute atomic E-state index is 12.1. The van der Waals surface area contributed by atoms with Gasteiger partial charge in [0.15, 0.2) is 0 Å². The summed E-state index contributed by atoms with van der Waals surface area (Å²) in [7, 11) is 0. The van der Waals surface area contributed by atoms with Gasteiger partial charge in [0.2, 0.25) is 5.91 Å². The fourth-order valence-electron chi connectivity index (χ4n) is 2.35. The number of pyridine rings is 1. The number of rotatable bonds is 3. The Bertz CT molecular complexity index is 728. The van der Waals surface area contributed by atoms with Gasteiger partial charge in [0.1, 0.15) is 0 Å². The highest BCUT2D eigenvalue weighted by atomic mass is 79.9. The number of fused-ring (bicyclic) bond motifs is 1. The smallest absolute Gasteiger partial charge is 0.335 e. The molecule has 0 atom stereocenters. The molecule has 2 aromatic rings. The quantitative estimate of drug-likeness (QED) is 0.927. The van der Waals surface area contributed by atoms with Gasteiger partial charge in [-0.2, -0.15) is 0 Å². The number of amides is 1. The van der Waals surface area contributed by atoms with Crippen LogP contribution in [0.15, 0.2) is 41.0 Å². The van der Waals surface area contributed by atoms with Crippen LogP contribution in [0.5, 0.6) is 0 Å².